The van der Waals surface area contributed by atoms with E-state index in [9.17, 15) is 14.4 Å². The van der Waals surface area contributed by atoms with Crippen molar-refractivity contribution in [3.8, 4) is 0 Å². The number of hydrogen-bond donors (Lipinski definition) is 0. The fourth-order valence-corrected chi connectivity index (χ4v) is 2.43. The molecule has 0 unspecified atom stereocenters. The van der Waals surface area contributed by atoms with E-state index in [1.165, 1.54) is 4.90 Å². The molecule has 3 rings (SSSR count). The maximum absolute atomic E-state index is 12.3. The summed E-state index contributed by atoms with van der Waals surface area (Å²) in [4.78, 5) is 38.9. The van der Waals surface area contributed by atoms with Gasteiger partial charge in [0.25, 0.3) is 5.91 Å². The van der Waals surface area contributed by atoms with E-state index >= 15 is 0 Å². The molecule has 2 aromatic rings. The number of urea groups is 1. The molecule has 1 fully saturated rings. The molecular formula is C19H16N2O3. The van der Waals surface area contributed by atoms with Crippen molar-refractivity contribution in [2.75, 3.05) is 13.1 Å². The molecule has 0 aromatic heterocycles. The van der Waals surface area contributed by atoms with Gasteiger partial charge in [0.2, 0.25) is 0 Å². The van der Waals surface area contributed by atoms with Crippen LogP contribution in [0.3, 0.4) is 0 Å². The predicted octanol–water partition coefficient (Wildman–Crippen LogP) is 2.80. The van der Waals surface area contributed by atoms with Crippen LogP contribution in [-0.4, -0.2) is 40.6 Å². The number of hydrogen-bond acceptors (Lipinski definition) is 3. The Morgan fingerprint density at radius 1 is 0.958 bits per heavy atom. The van der Waals surface area contributed by atoms with Crippen LogP contribution in [0.15, 0.2) is 66.9 Å². The third-order valence-electron chi connectivity index (χ3n) is 3.73. The van der Waals surface area contributed by atoms with Crippen LogP contribution in [0.1, 0.15) is 15.9 Å². The Hall–Kier alpha value is -3.21. The quantitative estimate of drug-likeness (QED) is 0.629. The lowest BCUT2D eigenvalue weighted by Crippen LogP contribution is -2.36. The molecule has 2 aromatic carbocycles. The summed E-state index contributed by atoms with van der Waals surface area (Å²) < 4.78 is 0. The summed E-state index contributed by atoms with van der Waals surface area (Å²) in [6.07, 6.45) is 3.33. The van der Waals surface area contributed by atoms with E-state index in [-0.39, 0.29) is 24.8 Å². The van der Waals surface area contributed by atoms with Crippen LogP contribution in [0, 0.1) is 0 Å². The number of imide groups is 1. The summed E-state index contributed by atoms with van der Waals surface area (Å²) in [6.45, 7) is -0.290. The van der Waals surface area contributed by atoms with Gasteiger partial charge in [-0.05, 0) is 11.6 Å². The number of carbonyl (C=O) groups excluding carboxylic acids is 3. The van der Waals surface area contributed by atoms with Crippen LogP contribution < -0.4 is 0 Å². The largest absolute Gasteiger partial charge is 0.331 e. The molecule has 0 N–H and O–H groups in total. The number of Topliss-reactive ketones (excluding diaryl/α,β-unsaturated/α-hetero) is 1. The third kappa shape index (κ3) is 3.41. The first-order valence-corrected chi connectivity index (χ1v) is 7.57. The minimum atomic E-state index is -0.475. The van der Waals surface area contributed by atoms with Crippen molar-refractivity contribution >= 4 is 23.8 Å². The first-order chi connectivity index (χ1) is 11.6. The zero-order chi connectivity index (χ0) is 16.9. The second kappa shape index (κ2) is 6.91. The number of ketones is 1. The zero-order valence-corrected chi connectivity index (χ0v) is 13.0. The maximum Gasteiger partial charge on any atom is 0.331 e. The number of amides is 3. The lowest BCUT2D eigenvalue weighted by Gasteiger charge is -2.13. The smallest absolute Gasteiger partial charge is 0.292 e. The highest BCUT2D eigenvalue weighted by atomic mass is 16.2. The van der Waals surface area contributed by atoms with E-state index < -0.39 is 6.03 Å². The van der Waals surface area contributed by atoms with Crippen molar-refractivity contribution < 1.29 is 14.4 Å². The average Bonchev–Trinajstić information content (AvgIpc) is 2.89. The molecule has 5 nitrogen and oxygen atoms in total. The Morgan fingerprint density at radius 2 is 1.58 bits per heavy atom. The van der Waals surface area contributed by atoms with Gasteiger partial charge in [-0.1, -0.05) is 60.7 Å². The molecule has 1 aliphatic heterocycles. The van der Waals surface area contributed by atoms with Crippen LogP contribution in [0.2, 0.25) is 0 Å². The SMILES string of the molecule is O=C(CN1C(=O)CN(C=Cc2ccccc2)C1=O)c1ccccc1. The summed E-state index contributed by atoms with van der Waals surface area (Å²) in [7, 11) is 0. The highest BCUT2D eigenvalue weighted by Crippen LogP contribution is 2.14. The molecule has 3 amide bonds. The third-order valence-corrected chi connectivity index (χ3v) is 3.73. The molecule has 0 radical (unpaired) electrons. The minimum Gasteiger partial charge on any atom is -0.292 e. The Labute approximate surface area is 139 Å². The van der Waals surface area contributed by atoms with Crippen LogP contribution >= 0.6 is 0 Å². The Balaban J connectivity index is 1.68. The molecule has 1 saturated heterocycles. The van der Waals surface area contributed by atoms with E-state index in [2.05, 4.69) is 0 Å². The van der Waals surface area contributed by atoms with Gasteiger partial charge in [0.05, 0.1) is 6.54 Å². The normalized spacial score (nSPS) is 14.7. The summed E-state index contributed by atoms with van der Waals surface area (Å²) >= 11 is 0. The van der Waals surface area contributed by atoms with Gasteiger partial charge in [-0.25, -0.2) is 4.79 Å². The number of nitrogens with zero attached hydrogens (tertiary/aromatic N) is 2. The van der Waals surface area contributed by atoms with Crippen molar-refractivity contribution in [2.45, 2.75) is 0 Å². The average molecular weight is 320 g/mol. The molecule has 0 aliphatic carbocycles. The van der Waals surface area contributed by atoms with E-state index in [1.807, 2.05) is 30.3 Å². The van der Waals surface area contributed by atoms with Gasteiger partial charge < -0.3 is 0 Å². The number of rotatable bonds is 5. The van der Waals surface area contributed by atoms with Crippen LogP contribution in [0.5, 0.6) is 0 Å². The van der Waals surface area contributed by atoms with Gasteiger partial charge >= 0.3 is 6.03 Å². The number of benzene rings is 2. The fourth-order valence-electron chi connectivity index (χ4n) is 2.43. The predicted molar refractivity (Wildman–Crippen MR) is 90.1 cm³/mol. The second-order valence-corrected chi connectivity index (χ2v) is 5.41. The molecule has 0 atom stereocenters. The molecule has 120 valence electrons. The molecule has 0 spiro atoms. The standard InChI is InChI=1S/C19H16N2O3/c22-17(16-9-5-2-6-10-16)13-21-18(23)14-20(19(21)24)12-11-15-7-3-1-4-8-15/h1-12H,13-14H2. The van der Waals surface area contributed by atoms with E-state index in [0.717, 1.165) is 10.5 Å². The Bertz CT molecular complexity index is 785. The second-order valence-electron chi connectivity index (χ2n) is 5.41. The van der Waals surface area contributed by atoms with Crippen molar-refractivity contribution in [3.05, 3.63) is 78.0 Å². The Morgan fingerprint density at radius 3 is 2.25 bits per heavy atom. The molecular weight excluding hydrogens is 304 g/mol. The maximum atomic E-state index is 12.3. The van der Waals surface area contributed by atoms with Gasteiger partial charge in [-0.3, -0.25) is 19.4 Å². The zero-order valence-electron chi connectivity index (χ0n) is 13.0. The first kappa shape index (κ1) is 15.7. The van der Waals surface area contributed by atoms with Crippen LogP contribution in [0.4, 0.5) is 4.79 Å². The van der Waals surface area contributed by atoms with Crippen LogP contribution in [0.25, 0.3) is 6.08 Å². The highest BCUT2D eigenvalue weighted by molar-refractivity contribution is 6.08. The molecule has 5 heteroatoms. The monoisotopic (exact) mass is 320 g/mol. The van der Waals surface area contributed by atoms with Crippen molar-refractivity contribution in [1.29, 1.82) is 0 Å². The summed E-state index contributed by atoms with van der Waals surface area (Å²) in [5.74, 6) is -0.631. The van der Waals surface area contributed by atoms with E-state index in [1.54, 1.807) is 42.6 Å². The molecule has 1 heterocycles. The molecule has 24 heavy (non-hydrogen) atoms. The molecule has 0 saturated carbocycles. The van der Waals surface area contributed by atoms with Gasteiger partial charge in [0.1, 0.15) is 6.54 Å². The van der Waals surface area contributed by atoms with Crippen molar-refractivity contribution in [3.63, 3.8) is 0 Å². The first-order valence-electron chi connectivity index (χ1n) is 7.57. The minimum absolute atomic E-state index is 0.0514. The topological polar surface area (TPSA) is 57.7 Å². The summed E-state index contributed by atoms with van der Waals surface area (Å²) in [5, 5.41) is 0. The van der Waals surface area contributed by atoms with E-state index in [0.29, 0.717) is 5.56 Å². The summed E-state index contributed by atoms with van der Waals surface area (Å²) in [5.41, 5.74) is 1.41. The lowest BCUT2D eigenvalue weighted by molar-refractivity contribution is -0.124. The van der Waals surface area contributed by atoms with Gasteiger partial charge in [0, 0.05) is 11.8 Å². The van der Waals surface area contributed by atoms with Gasteiger partial charge in [-0.15, -0.1) is 0 Å². The van der Waals surface area contributed by atoms with Crippen molar-refractivity contribution in [1.82, 2.24) is 9.80 Å². The fraction of sp³-hybridized carbons (Fsp3) is 0.105. The van der Waals surface area contributed by atoms with Crippen LogP contribution in [-0.2, 0) is 4.79 Å². The number of carbonyl (C=O) groups is 3. The molecule has 0 bridgehead atoms. The lowest BCUT2D eigenvalue weighted by atomic mass is 10.1. The van der Waals surface area contributed by atoms with E-state index in [4.69, 9.17) is 0 Å². The molecule has 1 aliphatic rings. The Kier molecular flexibility index (Phi) is 4.52. The van der Waals surface area contributed by atoms with Crippen molar-refractivity contribution in [2.24, 2.45) is 0 Å². The summed E-state index contributed by atoms with van der Waals surface area (Å²) in [6, 6.07) is 17.6. The van der Waals surface area contributed by atoms with Gasteiger partial charge in [0.15, 0.2) is 5.78 Å². The highest BCUT2D eigenvalue weighted by Gasteiger charge is 2.36. The van der Waals surface area contributed by atoms with Gasteiger partial charge in [-0.2, -0.15) is 0 Å².